The normalized spacial score (nSPS) is 24.1. The van der Waals surface area contributed by atoms with Gasteiger partial charge in [0.1, 0.15) is 12.9 Å². The summed E-state index contributed by atoms with van der Waals surface area (Å²) in [6, 6.07) is 2.53. The molecule has 0 aromatic heterocycles. The topological polar surface area (TPSA) is 158 Å². The lowest BCUT2D eigenvalue weighted by Crippen LogP contribution is -2.71. The first-order chi connectivity index (χ1) is 26.5. The van der Waals surface area contributed by atoms with Crippen LogP contribution in [0.5, 0.6) is 0 Å². The van der Waals surface area contributed by atoms with E-state index in [1.807, 2.05) is 19.9 Å². The minimum absolute atomic E-state index is 0.0607. The summed E-state index contributed by atoms with van der Waals surface area (Å²) in [6.07, 6.45) is -3.24. The highest BCUT2D eigenvalue weighted by atomic mass is 28.4. The minimum Gasteiger partial charge on any atom is -0.467 e. The fraction of sp³-hybridized carbons (Fsp3) is 0.905. The number of ketones is 1. The lowest BCUT2D eigenvalue weighted by Gasteiger charge is -2.58. The van der Waals surface area contributed by atoms with Gasteiger partial charge < -0.3 is 52.2 Å². The van der Waals surface area contributed by atoms with E-state index >= 15 is 0 Å². The lowest BCUT2D eigenvalue weighted by atomic mass is 9.70. The zero-order valence-corrected chi connectivity index (χ0v) is 40.7. The van der Waals surface area contributed by atoms with Crippen molar-refractivity contribution in [3.05, 3.63) is 11.6 Å². The molecule has 1 aliphatic heterocycles. The molecular formula is C42H82O13Si2. The smallest absolute Gasteiger partial charge is 0.337 e. The molecule has 0 aliphatic carbocycles. The van der Waals surface area contributed by atoms with E-state index in [0.29, 0.717) is 18.6 Å². The van der Waals surface area contributed by atoms with E-state index in [1.165, 1.54) is 28.4 Å². The molecule has 0 aromatic rings. The Morgan fingerprint density at radius 2 is 1.56 bits per heavy atom. The molecular weight excluding hydrogens is 769 g/mol. The van der Waals surface area contributed by atoms with Crippen molar-refractivity contribution in [1.82, 2.24) is 0 Å². The molecule has 1 rings (SSSR count). The van der Waals surface area contributed by atoms with Crippen LogP contribution in [0.15, 0.2) is 11.6 Å². The number of ether oxygens (including phenoxy) is 7. The van der Waals surface area contributed by atoms with Crippen molar-refractivity contribution in [3.8, 4) is 0 Å². The van der Waals surface area contributed by atoms with Crippen molar-refractivity contribution in [1.29, 1.82) is 0 Å². The van der Waals surface area contributed by atoms with Crippen LogP contribution < -0.4 is 0 Å². The van der Waals surface area contributed by atoms with Crippen LogP contribution in [0, 0.1) is 11.3 Å². The van der Waals surface area contributed by atoms with Gasteiger partial charge in [0.15, 0.2) is 28.5 Å². The summed E-state index contributed by atoms with van der Waals surface area (Å²) in [4.78, 5) is 26.3. The molecule has 0 radical (unpaired) electrons. The average molecular weight is 851 g/mol. The zero-order chi connectivity index (χ0) is 44.0. The van der Waals surface area contributed by atoms with E-state index in [-0.39, 0.29) is 42.8 Å². The predicted molar refractivity (Wildman–Crippen MR) is 227 cm³/mol. The van der Waals surface area contributed by atoms with Crippen LogP contribution in [0.3, 0.4) is 0 Å². The molecule has 13 nitrogen and oxygen atoms in total. The molecule has 0 saturated carbocycles. The maximum Gasteiger partial charge on any atom is 0.337 e. The molecule has 1 heterocycles. The van der Waals surface area contributed by atoms with Crippen molar-refractivity contribution >= 4 is 28.4 Å². The van der Waals surface area contributed by atoms with Crippen molar-refractivity contribution in [3.63, 3.8) is 0 Å². The van der Waals surface area contributed by atoms with Crippen molar-refractivity contribution in [2.45, 2.75) is 186 Å². The minimum atomic E-state index is -2.35. The van der Waals surface area contributed by atoms with Crippen LogP contribution in [-0.2, 0) is 51.6 Å². The fourth-order valence-electron chi connectivity index (χ4n) is 7.42. The third kappa shape index (κ3) is 14.0. The molecule has 3 unspecified atom stereocenters. The first-order valence-corrected chi connectivity index (χ1v) is 26.3. The highest BCUT2D eigenvalue weighted by Gasteiger charge is 2.64. The first-order valence-electron chi connectivity index (χ1n) is 20.9. The van der Waals surface area contributed by atoms with Gasteiger partial charge in [0.25, 0.3) is 0 Å². The largest absolute Gasteiger partial charge is 0.467 e. The summed E-state index contributed by atoms with van der Waals surface area (Å²) in [5.74, 6) is -2.37. The number of allylic oxidation sites excluding steroid dienone is 1. The Morgan fingerprint density at radius 3 is 2.02 bits per heavy atom. The average Bonchev–Trinajstić information content (AvgIpc) is 3.17. The third-order valence-electron chi connectivity index (χ3n) is 13.0. The van der Waals surface area contributed by atoms with Gasteiger partial charge in [0.2, 0.25) is 5.79 Å². The number of aliphatic hydroxyl groups is 2. The monoisotopic (exact) mass is 851 g/mol. The second-order valence-electron chi connectivity index (χ2n) is 17.8. The lowest BCUT2D eigenvalue weighted by molar-refractivity contribution is -0.384. The molecule has 15 heteroatoms. The van der Waals surface area contributed by atoms with Crippen LogP contribution in [0.2, 0.25) is 36.3 Å². The fourth-order valence-corrected chi connectivity index (χ4v) is 11.3. The molecule has 2 N–H and O–H groups in total. The molecule has 1 aliphatic rings. The van der Waals surface area contributed by atoms with Gasteiger partial charge in [-0.15, -0.1) is 0 Å². The van der Waals surface area contributed by atoms with E-state index in [4.69, 9.17) is 42.0 Å². The van der Waals surface area contributed by atoms with Gasteiger partial charge in [0, 0.05) is 66.1 Å². The van der Waals surface area contributed by atoms with E-state index in [1.54, 1.807) is 14.0 Å². The van der Waals surface area contributed by atoms with E-state index in [2.05, 4.69) is 61.6 Å². The Morgan fingerprint density at radius 1 is 0.965 bits per heavy atom. The summed E-state index contributed by atoms with van der Waals surface area (Å²) >= 11 is 0. The summed E-state index contributed by atoms with van der Waals surface area (Å²) in [7, 11) is 3.02. The van der Waals surface area contributed by atoms with E-state index in [0.717, 1.165) is 24.6 Å². The van der Waals surface area contributed by atoms with E-state index in [9.17, 15) is 19.8 Å². The van der Waals surface area contributed by atoms with Crippen LogP contribution in [0.25, 0.3) is 0 Å². The van der Waals surface area contributed by atoms with Crippen molar-refractivity contribution < 1.29 is 61.8 Å². The van der Waals surface area contributed by atoms with E-state index < -0.39 is 76.5 Å². The highest BCUT2D eigenvalue weighted by molar-refractivity contribution is 6.74. The molecule has 1 saturated heterocycles. The molecule has 0 aromatic carbocycles. The number of carbonyl (C=O) groups is 2. The Kier molecular flexibility index (Phi) is 22.5. The number of hydrogen-bond acceptors (Lipinski definition) is 13. The Labute approximate surface area is 347 Å². The highest BCUT2D eigenvalue weighted by Crippen LogP contribution is 2.50. The number of carbonyl (C=O) groups excluding carboxylic acids is 2. The van der Waals surface area contributed by atoms with Gasteiger partial charge >= 0.3 is 5.97 Å². The summed E-state index contributed by atoms with van der Waals surface area (Å²) < 4.78 is 54.8. The molecule has 57 heavy (non-hydrogen) atoms. The molecule has 9 atom stereocenters. The van der Waals surface area contributed by atoms with Crippen LogP contribution >= 0.6 is 0 Å². The molecule has 0 amide bonds. The molecule has 1 fully saturated rings. The number of methoxy groups -OCH3 is 5. The zero-order valence-electron chi connectivity index (χ0n) is 38.7. The van der Waals surface area contributed by atoms with Gasteiger partial charge in [0.05, 0.1) is 37.6 Å². The van der Waals surface area contributed by atoms with Crippen molar-refractivity contribution in [2.24, 2.45) is 11.3 Å². The molecule has 0 bridgehead atoms. The summed E-state index contributed by atoms with van der Waals surface area (Å²) in [5, 5.41) is 23.6. The SMILES string of the molecule is CCC(/C=C(/C)C(=O)CC(O)C[C@H](O)C(C)(C)C1(OC)O[C@@H](C[C@@H](OC)[C@H](OCOC)C(=O)OC)C[C@@H](OC)[C@H]1O[Si](CC)(CC)CC)CO[Si](C)(C)C(C)(C)C. The maximum atomic E-state index is 13.5. The number of rotatable bonds is 27. The van der Waals surface area contributed by atoms with Gasteiger partial charge in [-0.25, -0.2) is 4.79 Å². The summed E-state index contributed by atoms with van der Waals surface area (Å²) in [6.45, 7) is 25.3. The van der Waals surface area contributed by atoms with Gasteiger partial charge in [-0.05, 0) is 61.1 Å². The van der Waals surface area contributed by atoms with Crippen LogP contribution in [0.4, 0.5) is 0 Å². The second-order valence-corrected chi connectivity index (χ2v) is 27.3. The number of aliphatic hydroxyl groups excluding tert-OH is 2. The standard InChI is InChI=1S/C42H82O13Si2/c1-18-30(27-53-56(16,17)40(6,7)8)22-29(5)33(44)23-31(43)24-36(45)41(9,10)42(51-15)38(55-57(19-2,20-3)21-4)35(49-13)26-32(54-42)25-34(48-12)37(39(46)50-14)52-28-47-11/h22,30-32,34-38,43,45H,18-21,23-28H2,1-17H3/b29-22-/t30?,31?,32-,34+,35+,36-,37-,38+,42?/m0/s1. The molecule has 336 valence electrons. The summed E-state index contributed by atoms with van der Waals surface area (Å²) in [5.41, 5.74) is -0.679. The second kappa shape index (κ2) is 23.8. The van der Waals surface area contributed by atoms with Crippen LogP contribution in [-0.4, -0.2) is 136 Å². The molecule has 0 spiro atoms. The predicted octanol–water partition coefficient (Wildman–Crippen LogP) is 7.18. The number of esters is 1. The number of hydrogen-bond donors (Lipinski definition) is 2. The number of Topliss-reactive ketones (excluding diaryl/α,β-unsaturated/α-hetero) is 1. The van der Waals surface area contributed by atoms with Gasteiger partial charge in [-0.1, -0.05) is 68.4 Å². The van der Waals surface area contributed by atoms with Gasteiger partial charge in [-0.3, -0.25) is 4.79 Å². The maximum absolute atomic E-state index is 13.5. The Hall–Kier alpha value is -1.09. The Bertz CT molecular complexity index is 1230. The quantitative estimate of drug-likeness (QED) is 0.0371. The third-order valence-corrected chi connectivity index (χ3v) is 22.1. The first kappa shape index (κ1) is 53.9. The van der Waals surface area contributed by atoms with Crippen molar-refractivity contribution in [2.75, 3.05) is 48.9 Å². The Balaban J connectivity index is 3.55. The van der Waals surface area contributed by atoms with Crippen LogP contribution in [0.1, 0.15) is 101 Å². The van der Waals surface area contributed by atoms with Gasteiger partial charge in [-0.2, -0.15) is 0 Å².